The molecule has 2 amide bonds. The minimum Gasteiger partial charge on any atom is -0.342 e. The van der Waals surface area contributed by atoms with E-state index in [1.807, 2.05) is 52.4 Å². The molecule has 1 spiro atoms. The first kappa shape index (κ1) is 20.8. The van der Waals surface area contributed by atoms with Crippen LogP contribution in [-0.4, -0.2) is 57.6 Å². The smallest absolute Gasteiger partial charge is 0.256 e. The van der Waals surface area contributed by atoms with Crippen LogP contribution in [0.15, 0.2) is 47.6 Å². The lowest BCUT2D eigenvalue weighted by atomic mass is 9.97. The maximum Gasteiger partial charge on any atom is 0.256 e. The lowest BCUT2D eigenvalue weighted by Crippen LogP contribution is -2.55. The van der Waals surface area contributed by atoms with Crippen LogP contribution >= 0.6 is 0 Å². The highest BCUT2D eigenvalue weighted by Gasteiger charge is 2.58. The Morgan fingerprint density at radius 2 is 1.69 bits per heavy atom. The molecule has 0 bridgehead atoms. The number of aromatic nitrogens is 1. The van der Waals surface area contributed by atoms with E-state index >= 15 is 0 Å². The lowest BCUT2D eigenvalue weighted by Gasteiger charge is -2.41. The van der Waals surface area contributed by atoms with Gasteiger partial charge in [0.2, 0.25) is 5.91 Å². The number of hydrogen-bond acceptors (Lipinski definition) is 5. The number of carbonyl (C=O) groups is 2. The van der Waals surface area contributed by atoms with Crippen LogP contribution in [0, 0.1) is 23.2 Å². The van der Waals surface area contributed by atoms with E-state index in [9.17, 15) is 14.9 Å². The van der Waals surface area contributed by atoms with Gasteiger partial charge >= 0.3 is 0 Å². The molecule has 0 radical (unpaired) electrons. The Hall–Kier alpha value is -3.53. The third-order valence-electron chi connectivity index (χ3n) is 8.27. The van der Waals surface area contributed by atoms with Gasteiger partial charge in [0.1, 0.15) is 11.4 Å². The average molecular weight is 466 g/mol. The third-order valence-corrected chi connectivity index (χ3v) is 8.27. The topological polar surface area (TPSA) is 89.7 Å². The number of pyridine rings is 1. The molecule has 0 unspecified atom stereocenters. The van der Waals surface area contributed by atoms with Gasteiger partial charge in [0, 0.05) is 48.8 Å². The Morgan fingerprint density at radius 1 is 1.00 bits per heavy atom. The molecule has 35 heavy (non-hydrogen) atoms. The summed E-state index contributed by atoms with van der Waals surface area (Å²) in [6.45, 7) is 2.12. The van der Waals surface area contributed by atoms with E-state index in [1.165, 1.54) is 0 Å². The summed E-state index contributed by atoms with van der Waals surface area (Å²) in [5.74, 6) is 1.74. The Labute approximate surface area is 204 Å². The van der Waals surface area contributed by atoms with E-state index in [2.05, 4.69) is 11.1 Å². The van der Waals surface area contributed by atoms with Crippen LogP contribution < -0.4 is 0 Å². The first-order valence-electron chi connectivity index (χ1n) is 12.7. The second-order valence-electron chi connectivity index (χ2n) is 11.0. The van der Waals surface area contributed by atoms with Crippen molar-refractivity contribution in [3.05, 3.63) is 53.9 Å². The fourth-order valence-corrected chi connectivity index (χ4v) is 5.41. The molecule has 3 heterocycles. The van der Waals surface area contributed by atoms with Crippen molar-refractivity contribution in [1.29, 1.82) is 5.26 Å². The summed E-state index contributed by atoms with van der Waals surface area (Å²) in [6.07, 6.45) is 7.32. The number of carbonyl (C=O) groups excluding carboxylic acids is 2. The normalized spacial score (nSPS) is 23.6. The van der Waals surface area contributed by atoms with Gasteiger partial charge < -0.3 is 4.90 Å². The van der Waals surface area contributed by atoms with E-state index in [0.717, 1.165) is 79.8 Å². The number of rotatable bonds is 6. The zero-order chi connectivity index (χ0) is 23.8. The van der Waals surface area contributed by atoms with Crippen molar-refractivity contribution < 1.29 is 9.59 Å². The van der Waals surface area contributed by atoms with Crippen LogP contribution in [0.1, 0.15) is 49.8 Å². The molecular formula is C28H27N5O2. The first-order valence-corrected chi connectivity index (χ1v) is 12.7. The summed E-state index contributed by atoms with van der Waals surface area (Å²) < 4.78 is 0. The lowest BCUT2D eigenvalue weighted by molar-refractivity contribution is -0.139. The van der Waals surface area contributed by atoms with Gasteiger partial charge in [-0.25, -0.2) is 0 Å². The number of amides is 2. The van der Waals surface area contributed by atoms with Crippen LogP contribution in [0.25, 0.3) is 11.1 Å². The van der Waals surface area contributed by atoms with Crippen LogP contribution in [-0.2, 0) is 15.0 Å². The van der Waals surface area contributed by atoms with Gasteiger partial charge in [0.05, 0.1) is 17.2 Å². The number of amidine groups is 1. The van der Waals surface area contributed by atoms with Crippen molar-refractivity contribution in [3.63, 3.8) is 0 Å². The minimum atomic E-state index is -0.541. The number of nitriles is 1. The Bertz CT molecular complexity index is 1290. The van der Waals surface area contributed by atoms with Gasteiger partial charge in [-0.1, -0.05) is 30.3 Å². The van der Waals surface area contributed by atoms with Crippen molar-refractivity contribution >= 4 is 17.6 Å². The van der Waals surface area contributed by atoms with Gasteiger partial charge in [-0.05, 0) is 50.2 Å². The molecule has 7 rings (SSSR count). The Morgan fingerprint density at radius 3 is 2.26 bits per heavy atom. The molecule has 1 saturated heterocycles. The number of likely N-dealkylation sites (tertiary alicyclic amines) is 1. The molecule has 1 aromatic heterocycles. The molecule has 3 saturated carbocycles. The van der Waals surface area contributed by atoms with Crippen molar-refractivity contribution in [2.45, 2.75) is 49.5 Å². The Kier molecular flexibility index (Phi) is 4.30. The van der Waals surface area contributed by atoms with Crippen molar-refractivity contribution in [2.75, 3.05) is 19.6 Å². The summed E-state index contributed by atoms with van der Waals surface area (Å²) in [4.78, 5) is 38.8. The minimum absolute atomic E-state index is 0.120. The Balaban J connectivity index is 1.07. The van der Waals surface area contributed by atoms with Gasteiger partial charge in [0.15, 0.2) is 0 Å². The van der Waals surface area contributed by atoms with Crippen molar-refractivity contribution in [1.82, 2.24) is 14.8 Å². The van der Waals surface area contributed by atoms with Gasteiger partial charge in [-0.2, -0.15) is 5.26 Å². The molecule has 5 aliphatic rings. The molecule has 0 atom stereocenters. The maximum atomic E-state index is 13.2. The van der Waals surface area contributed by atoms with E-state index in [0.29, 0.717) is 18.4 Å². The molecule has 7 nitrogen and oxygen atoms in total. The second kappa shape index (κ2) is 7.24. The number of benzene rings is 1. The highest BCUT2D eigenvalue weighted by Crippen LogP contribution is 2.47. The molecule has 2 aromatic rings. The zero-order valence-corrected chi connectivity index (χ0v) is 19.6. The molecule has 7 heteroatoms. The molecule has 4 fully saturated rings. The monoisotopic (exact) mass is 465 g/mol. The summed E-state index contributed by atoms with van der Waals surface area (Å²) in [6, 6.07) is 14.6. The van der Waals surface area contributed by atoms with E-state index in [1.54, 1.807) is 0 Å². The SMILES string of the molecule is N#CC1(c2ccc(-c3ccc(C4=NC5(CC5)C(=O)N4CC4CN(C(=O)C5CC5)C4)cc3)cn2)CC1. The predicted octanol–water partition coefficient (Wildman–Crippen LogP) is 3.29. The number of nitrogens with zero attached hydrogens (tertiary/aromatic N) is 5. The first-order chi connectivity index (χ1) is 17.0. The second-order valence-corrected chi connectivity index (χ2v) is 11.0. The molecule has 1 aromatic carbocycles. The number of hydrogen-bond donors (Lipinski definition) is 0. The van der Waals surface area contributed by atoms with Crippen LogP contribution in [0.2, 0.25) is 0 Å². The van der Waals surface area contributed by atoms with Crippen molar-refractivity contribution in [3.8, 4) is 17.2 Å². The summed E-state index contributed by atoms with van der Waals surface area (Å²) in [7, 11) is 0. The summed E-state index contributed by atoms with van der Waals surface area (Å²) in [5.41, 5.74) is 2.94. The standard InChI is InChI=1S/C28H27N5O2/c29-17-27(9-10-27)23-8-7-22(13-30-23)19-1-3-20(4-2-19)24-31-28(11-12-28)26(35)33(24)16-18-14-32(15-18)25(34)21-5-6-21/h1-4,7-8,13,18,21H,5-6,9-12,14-16H2. The highest BCUT2D eigenvalue weighted by atomic mass is 16.2. The number of aliphatic imine (C=N–C) groups is 1. The van der Waals surface area contributed by atoms with Crippen LogP contribution in [0.4, 0.5) is 0 Å². The molecule has 3 aliphatic carbocycles. The van der Waals surface area contributed by atoms with Crippen LogP contribution in [0.5, 0.6) is 0 Å². The van der Waals surface area contributed by atoms with Gasteiger partial charge in [0.25, 0.3) is 5.91 Å². The summed E-state index contributed by atoms with van der Waals surface area (Å²) in [5, 5.41) is 9.40. The summed E-state index contributed by atoms with van der Waals surface area (Å²) >= 11 is 0. The third kappa shape index (κ3) is 3.38. The zero-order valence-electron chi connectivity index (χ0n) is 19.6. The van der Waals surface area contributed by atoms with E-state index in [-0.39, 0.29) is 17.2 Å². The highest BCUT2D eigenvalue weighted by molar-refractivity contribution is 6.16. The predicted molar refractivity (Wildman–Crippen MR) is 129 cm³/mol. The molecule has 176 valence electrons. The van der Waals surface area contributed by atoms with E-state index < -0.39 is 5.54 Å². The molecule has 0 N–H and O–H groups in total. The largest absolute Gasteiger partial charge is 0.342 e. The van der Waals surface area contributed by atoms with Crippen molar-refractivity contribution in [2.24, 2.45) is 16.8 Å². The maximum absolute atomic E-state index is 13.2. The fourth-order valence-electron chi connectivity index (χ4n) is 5.41. The van der Waals surface area contributed by atoms with Crippen LogP contribution in [0.3, 0.4) is 0 Å². The quantitative estimate of drug-likeness (QED) is 0.655. The fraction of sp³-hybridized carbons (Fsp3) is 0.464. The molecule has 2 aliphatic heterocycles. The average Bonchev–Trinajstić information content (AvgIpc) is 3.74. The van der Waals surface area contributed by atoms with Gasteiger partial charge in [-0.15, -0.1) is 0 Å². The van der Waals surface area contributed by atoms with Gasteiger partial charge in [-0.3, -0.25) is 24.5 Å². The van der Waals surface area contributed by atoms with E-state index in [4.69, 9.17) is 4.99 Å². The molecular weight excluding hydrogens is 438 g/mol.